The second-order valence-electron chi connectivity index (χ2n) is 8.96. The number of aromatic hydroxyl groups is 2. The summed E-state index contributed by atoms with van der Waals surface area (Å²) in [5, 5.41) is 39.8. The molecule has 0 aliphatic rings. The number of carboxylic acid groups (broad SMARTS) is 1. The lowest BCUT2D eigenvalue weighted by molar-refractivity contribution is -0.192. The van der Waals surface area contributed by atoms with E-state index in [2.05, 4.69) is 15.6 Å². The summed E-state index contributed by atoms with van der Waals surface area (Å²) in [5.74, 6) is -5.48. The van der Waals surface area contributed by atoms with E-state index in [9.17, 15) is 37.4 Å². The Bertz CT molecular complexity index is 1510. The number of hydrogen-bond donors (Lipinski definition) is 8. The Morgan fingerprint density at radius 2 is 1.76 bits per heavy atom. The normalized spacial score (nSPS) is 10.9. The summed E-state index contributed by atoms with van der Waals surface area (Å²) in [7, 11) is 0. The van der Waals surface area contributed by atoms with Crippen LogP contribution in [0.4, 0.5) is 29.1 Å². The molecule has 0 aliphatic carbocycles. The first-order valence-corrected chi connectivity index (χ1v) is 11.8. The number of nitrogen functional groups attached to an aromatic ring is 2. The van der Waals surface area contributed by atoms with Crippen LogP contribution >= 0.6 is 0 Å². The van der Waals surface area contributed by atoms with Crippen molar-refractivity contribution in [1.29, 1.82) is 5.41 Å². The van der Waals surface area contributed by atoms with Crippen LogP contribution in [0, 0.1) is 11.2 Å². The third kappa shape index (κ3) is 8.83. The van der Waals surface area contributed by atoms with Crippen LogP contribution in [0.25, 0.3) is 11.3 Å². The van der Waals surface area contributed by atoms with Crippen molar-refractivity contribution in [2.24, 2.45) is 5.73 Å². The number of hydrogen-bond acceptors (Lipinski definition) is 9. The van der Waals surface area contributed by atoms with Crippen molar-refractivity contribution in [2.75, 3.05) is 11.1 Å². The number of nitrogens with two attached hydrogens (primary N) is 2. The summed E-state index contributed by atoms with van der Waals surface area (Å²) >= 11 is 0. The molecule has 13 nitrogen and oxygen atoms in total. The SMILES string of the molecule is CC(C)Nc1ncc(-c2cc(N)cc(O)c2)n(CC(=O)NCc2cc(O)c(C(=N)N)c(F)c2)c1=O.O=C(O)C(F)(F)F. The number of phenolic OH excluding ortho intramolecular Hbond substituents is 2. The van der Waals surface area contributed by atoms with Crippen molar-refractivity contribution in [3.05, 3.63) is 63.8 Å². The van der Waals surface area contributed by atoms with Gasteiger partial charge in [0.2, 0.25) is 5.91 Å². The third-order valence-electron chi connectivity index (χ3n) is 5.15. The maximum absolute atomic E-state index is 14.2. The van der Waals surface area contributed by atoms with E-state index in [1.54, 1.807) is 0 Å². The number of aliphatic carboxylic acids is 1. The van der Waals surface area contributed by atoms with E-state index in [-0.39, 0.29) is 41.1 Å². The van der Waals surface area contributed by atoms with Gasteiger partial charge in [-0.3, -0.25) is 19.6 Å². The molecule has 0 saturated carbocycles. The van der Waals surface area contributed by atoms with Crippen LogP contribution in [-0.4, -0.2) is 54.8 Å². The van der Waals surface area contributed by atoms with Gasteiger partial charge in [-0.15, -0.1) is 0 Å². The van der Waals surface area contributed by atoms with Gasteiger partial charge >= 0.3 is 12.1 Å². The van der Waals surface area contributed by atoms with E-state index in [4.69, 9.17) is 26.8 Å². The lowest BCUT2D eigenvalue weighted by Crippen LogP contribution is -2.35. The molecule has 0 radical (unpaired) electrons. The number of carbonyl (C=O) groups excluding carboxylic acids is 1. The molecule has 42 heavy (non-hydrogen) atoms. The van der Waals surface area contributed by atoms with Gasteiger partial charge in [0.25, 0.3) is 5.56 Å². The zero-order valence-corrected chi connectivity index (χ0v) is 22.1. The van der Waals surface area contributed by atoms with Gasteiger partial charge in [0.15, 0.2) is 5.82 Å². The first-order valence-electron chi connectivity index (χ1n) is 11.8. The molecule has 1 aromatic heterocycles. The van der Waals surface area contributed by atoms with Gasteiger partial charge in [-0.2, -0.15) is 13.2 Å². The molecule has 1 amide bonds. The van der Waals surface area contributed by atoms with E-state index >= 15 is 0 Å². The number of phenols is 2. The van der Waals surface area contributed by atoms with Crippen molar-refractivity contribution in [2.45, 2.75) is 39.2 Å². The number of anilines is 2. The van der Waals surface area contributed by atoms with Crippen molar-refractivity contribution < 1.29 is 42.5 Å². The van der Waals surface area contributed by atoms with Crippen LogP contribution in [0.5, 0.6) is 11.5 Å². The van der Waals surface area contributed by atoms with Gasteiger partial charge in [0, 0.05) is 29.9 Å². The fourth-order valence-electron chi connectivity index (χ4n) is 3.45. The van der Waals surface area contributed by atoms with Gasteiger partial charge in [0.1, 0.15) is 29.7 Å². The molecule has 0 unspecified atom stereocenters. The van der Waals surface area contributed by atoms with Crippen molar-refractivity contribution in [3.8, 4) is 22.8 Å². The topological polar surface area (TPSA) is 230 Å². The number of nitrogens with one attached hydrogen (secondary N) is 3. The quantitative estimate of drug-likeness (QED) is 0.0816. The summed E-state index contributed by atoms with van der Waals surface area (Å²) < 4.78 is 47.1. The van der Waals surface area contributed by atoms with Crippen LogP contribution in [0.15, 0.2) is 41.3 Å². The zero-order valence-electron chi connectivity index (χ0n) is 22.1. The predicted molar refractivity (Wildman–Crippen MR) is 143 cm³/mol. The fourth-order valence-corrected chi connectivity index (χ4v) is 3.45. The fraction of sp³-hybridized carbons (Fsp3) is 0.240. The maximum atomic E-state index is 14.2. The van der Waals surface area contributed by atoms with Crippen LogP contribution in [0.3, 0.4) is 0 Å². The Labute approximate surface area is 234 Å². The van der Waals surface area contributed by atoms with Crippen LogP contribution in [0.1, 0.15) is 25.0 Å². The molecule has 1 heterocycles. The van der Waals surface area contributed by atoms with Gasteiger partial charge < -0.3 is 37.4 Å². The monoisotopic (exact) mass is 597 g/mol. The minimum Gasteiger partial charge on any atom is -0.508 e. The number of alkyl halides is 3. The number of aromatic nitrogens is 2. The van der Waals surface area contributed by atoms with Crippen LogP contribution in [-0.2, 0) is 22.7 Å². The van der Waals surface area contributed by atoms with E-state index < -0.39 is 53.1 Å². The Morgan fingerprint density at radius 1 is 1.14 bits per heavy atom. The first-order chi connectivity index (χ1) is 19.4. The molecular formula is C25H27F4N7O6. The van der Waals surface area contributed by atoms with Gasteiger partial charge in [-0.25, -0.2) is 14.2 Å². The molecule has 3 aromatic rings. The highest BCUT2D eigenvalue weighted by Gasteiger charge is 2.38. The van der Waals surface area contributed by atoms with Gasteiger partial charge in [-0.1, -0.05) is 0 Å². The molecule has 2 aromatic carbocycles. The molecule has 0 fully saturated rings. The van der Waals surface area contributed by atoms with E-state index in [1.807, 2.05) is 13.8 Å². The highest BCUT2D eigenvalue weighted by atomic mass is 19.4. The predicted octanol–water partition coefficient (Wildman–Crippen LogP) is 2.10. The van der Waals surface area contributed by atoms with Crippen molar-refractivity contribution in [3.63, 3.8) is 0 Å². The Balaban J connectivity index is 0.000000782. The maximum Gasteiger partial charge on any atom is 0.490 e. The molecule has 0 saturated heterocycles. The summed E-state index contributed by atoms with van der Waals surface area (Å²) in [6.45, 7) is 3.08. The number of halogens is 4. The number of amides is 1. The molecule has 0 aliphatic heterocycles. The number of nitrogens with zero attached hydrogens (tertiary/aromatic N) is 2. The molecule has 0 atom stereocenters. The smallest absolute Gasteiger partial charge is 0.490 e. The highest BCUT2D eigenvalue weighted by Crippen LogP contribution is 2.26. The molecule has 226 valence electrons. The number of carboxylic acids is 1. The first kappa shape index (κ1) is 32.9. The lowest BCUT2D eigenvalue weighted by atomic mass is 10.1. The second-order valence-corrected chi connectivity index (χ2v) is 8.96. The summed E-state index contributed by atoms with van der Waals surface area (Å²) in [5.41, 5.74) is 11.2. The number of amidine groups is 1. The minimum absolute atomic E-state index is 0.0384. The second kappa shape index (κ2) is 13.3. The van der Waals surface area contributed by atoms with Gasteiger partial charge in [0.05, 0.1) is 17.5 Å². The van der Waals surface area contributed by atoms with Gasteiger partial charge in [-0.05, 0) is 43.7 Å². The van der Waals surface area contributed by atoms with Crippen LogP contribution < -0.4 is 27.7 Å². The molecule has 0 spiro atoms. The third-order valence-corrected chi connectivity index (χ3v) is 5.15. The number of rotatable bonds is 8. The van der Waals surface area contributed by atoms with Crippen molar-refractivity contribution in [1.82, 2.24) is 14.9 Å². The van der Waals surface area contributed by atoms with E-state index in [1.165, 1.54) is 35.0 Å². The molecule has 17 heteroatoms. The molecular weight excluding hydrogens is 570 g/mol. The summed E-state index contributed by atoms with van der Waals surface area (Å²) in [4.78, 5) is 38.9. The lowest BCUT2D eigenvalue weighted by Gasteiger charge is -2.16. The Kier molecular flexibility index (Phi) is 10.4. The number of carbonyl (C=O) groups is 2. The summed E-state index contributed by atoms with van der Waals surface area (Å²) in [6, 6.07) is 6.39. The number of benzene rings is 2. The Morgan fingerprint density at radius 3 is 2.26 bits per heavy atom. The Hall–Kier alpha value is -5.35. The minimum atomic E-state index is -5.08. The molecule has 3 rings (SSSR count). The zero-order chi connectivity index (χ0) is 31.9. The molecule has 0 bridgehead atoms. The molecule has 10 N–H and O–H groups in total. The van der Waals surface area contributed by atoms with E-state index in [0.29, 0.717) is 5.56 Å². The average Bonchev–Trinajstić information content (AvgIpc) is 2.83. The van der Waals surface area contributed by atoms with E-state index in [0.717, 1.165) is 6.07 Å². The average molecular weight is 598 g/mol. The largest absolute Gasteiger partial charge is 0.508 e. The van der Waals surface area contributed by atoms with Crippen molar-refractivity contribution >= 4 is 29.2 Å². The highest BCUT2D eigenvalue weighted by molar-refractivity contribution is 5.97. The standard InChI is InChI=1S/C23H26FN7O4.C2HF3O2/c1-11(2)30-22-23(35)31(17(9-29-22)13-5-14(25)7-15(32)6-13)10-19(34)28-8-12-3-16(24)20(21(26)27)18(33)4-12;3-2(4,5)1(6)7/h3-7,9,11,32-33H,8,10,25H2,1-2H3,(H3,26,27)(H,28,34)(H,29,30);(H,6,7). The van der Waals surface area contributed by atoms with Crippen LogP contribution in [0.2, 0.25) is 0 Å². The summed E-state index contributed by atoms with van der Waals surface area (Å²) in [6.07, 6.45) is -3.69.